The molecule has 1 fully saturated rings. The van der Waals surface area contributed by atoms with Crippen LogP contribution >= 0.6 is 21.6 Å². The summed E-state index contributed by atoms with van der Waals surface area (Å²) in [4.78, 5) is 211. The maximum atomic E-state index is 14.1. The van der Waals surface area contributed by atoms with Crippen LogP contribution in [0.25, 0.3) is 0 Å². The summed E-state index contributed by atoms with van der Waals surface area (Å²) in [6, 6.07) is 11.6. The van der Waals surface area contributed by atoms with E-state index in [9.17, 15) is 82.4 Å². The number of methoxy groups -OCH3 is 1. The van der Waals surface area contributed by atoms with Crippen LogP contribution in [0.1, 0.15) is 173 Å². The van der Waals surface area contributed by atoms with Crippen molar-refractivity contribution in [3.8, 4) is 17.6 Å². The molecule has 2 aliphatic rings. The van der Waals surface area contributed by atoms with Crippen LogP contribution in [0.3, 0.4) is 0 Å². The van der Waals surface area contributed by atoms with E-state index in [1.54, 1.807) is 74.6 Å². The van der Waals surface area contributed by atoms with Crippen molar-refractivity contribution in [1.82, 2.24) is 67.0 Å². The van der Waals surface area contributed by atoms with Gasteiger partial charge in [0.15, 0.2) is 17.3 Å². The van der Waals surface area contributed by atoms with E-state index < -0.39 is 120 Å². The molecule has 40 nitrogen and oxygen atoms in total. The molecule has 3 heterocycles. The second-order valence-corrected chi connectivity index (χ2v) is 32.9. The van der Waals surface area contributed by atoms with Crippen LogP contribution in [0.15, 0.2) is 81.6 Å². The predicted octanol–water partition coefficient (Wildman–Crippen LogP) is 5.86. The summed E-state index contributed by atoms with van der Waals surface area (Å²) >= 11 is 0. The first kappa shape index (κ1) is 101. The lowest BCUT2D eigenvalue weighted by molar-refractivity contribution is -0.142. The number of nitrogen functional groups attached to an aromatic ring is 1. The maximum Gasteiger partial charge on any atom is 0.410 e. The molecule has 0 radical (unpaired) electrons. The number of carboxylic acids is 3. The Morgan fingerprint density at radius 3 is 2.07 bits per heavy atom. The summed E-state index contributed by atoms with van der Waals surface area (Å²) in [5.41, 5.74) is 9.69. The number of aromatic nitrogens is 4. The van der Waals surface area contributed by atoms with Gasteiger partial charge in [-0.3, -0.25) is 62.7 Å². The number of carboxylic acid groups (broad SMARTS) is 3. The number of rotatable bonds is 54. The second-order valence-electron chi connectivity index (χ2n) is 30.1. The van der Waals surface area contributed by atoms with E-state index in [2.05, 4.69) is 103 Å². The Morgan fingerprint density at radius 2 is 1.44 bits per heavy atom. The number of benzene rings is 3. The van der Waals surface area contributed by atoms with Crippen LogP contribution in [-0.4, -0.2) is 269 Å². The van der Waals surface area contributed by atoms with Crippen molar-refractivity contribution in [3.63, 3.8) is 0 Å². The lowest BCUT2D eigenvalue weighted by Crippen LogP contribution is -2.54. The molecule has 1 aliphatic carbocycles. The smallest absolute Gasteiger partial charge is 0.410 e. The third-order valence-electron chi connectivity index (χ3n) is 20.4. The molecule has 42 heteroatoms. The zero-order valence-electron chi connectivity index (χ0n) is 72.4. The van der Waals surface area contributed by atoms with Crippen LogP contribution in [0.5, 0.6) is 5.75 Å². The van der Waals surface area contributed by atoms with Gasteiger partial charge in [-0.1, -0.05) is 72.6 Å². The molecule has 7 rings (SSSR count). The molecule has 9 amide bonds. The number of hydrogen-bond acceptors (Lipinski definition) is 29. The van der Waals surface area contributed by atoms with Gasteiger partial charge in [0.2, 0.25) is 41.4 Å². The van der Waals surface area contributed by atoms with Gasteiger partial charge in [-0.05, 0) is 133 Å². The van der Waals surface area contributed by atoms with E-state index in [0.29, 0.717) is 84.0 Å². The number of amides is 9. The van der Waals surface area contributed by atoms with Crippen LogP contribution < -0.4 is 73.7 Å². The number of carbonyl (C=O) groups excluding carboxylic acids is 10. The van der Waals surface area contributed by atoms with E-state index in [0.717, 1.165) is 77.6 Å². The normalized spacial score (nSPS) is 13.9. The summed E-state index contributed by atoms with van der Waals surface area (Å²) < 4.78 is 17.7. The molecule has 15 N–H and O–H groups in total. The average Bonchev–Trinajstić information content (AvgIpc) is 1.66. The Hall–Kier alpha value is -12.9. The molecular weight excluding hydrogens is 1690 g/mol. The second kappa shape index (κ2) is 52.1. The molecule has 0 spiro atoms. The first-order valence-corrected chi connectivity index (χ1v) is 44.1. The first-order valence-electron chi connectivity index (χ1n) is 41.7. The fourth-order valence-corrected chi connectivity index (χ4v) is 16.1. The zero-order chi connectivity index (χ0) is 92.7. The summed E-state index contributed by atoms with van der Waals surface area (Å²) in [7, 11) is 7.51. The third-order valence-corrected chi connectivity index (χ3v) is 23.4. The van der Waals surface area contributed by atoms with Crippen molar-refractivity contribution in [2.45, 2.75) is 185 Å². The molecule has 7 atom stereocenters. The molecule has 0 saturated heterocycles. The minimum Gasteiger partial charge on any atom is -0.495 e. The molecule has 7 unspecified atom stereocenters. The number of nitrogens with one attached hydrogen (secondary N) is 10. The zero-order valence-corrected chi connectivity index (χ0v) is 74.0. The topological polar surface area (TPSA) is 554 Å². The number of ether oxygens (including phenoxy) is 3. The first-order chi connectivity index (χ1) is 60.9. The molecule has 1 aliphatic heterocycles. The minimum absolute atomic E-state index is 0.00362. The van der Waals surface area contributed by atoms with Gasteiger partial charge in [-0.2, -0.15) is 9.97 Å². The highest BCUT2D eigenvalue weighted by atomic mass is 33.1. The Kier molecular flexibility index (Phi) is 41.5. The van der Waals surface area contributed by atoms with Gasteiger partial charge in [-0.25, -0.2) is 19.6 Å². The Morgan fingerprint density at radius 1 is 0.795 bits per heavy atom. The predicted molar refractivity (Wildman–Crippen MR) is 481 cm³/mol. The summed E-state index contributed by atoms with van der Waals surface area (Å²) in [6.45, 7) is 13.0. The summed E-state index contributed by atoms with van der Waals surface area (Å²) in [5.74, 6) is -3.32. The number of aromatic amines is 1. The van der Waals surface area contributed by atoms with Gasteiger partial charge in [0.25, 0.3) is 23.3 Å². The quantitative estimate of drug-likeness (QED) is 0.00712. The van der Waals surface area contributed by atoms with Crippen LogP contribution in [0.4, 0.5) is 51.1 Å². The van der Waals surface area contributed by atoms with Gasteiger partial charge in [-0.15, -0.1) is 0 Å². The molecule has 2 aromatic heterocycles. The van der Waals surface area contributed by atoms with E-state index in [4.69, 9.17) is 24.9 Å². The Bertz CT molecular complexity index is 4830. The monoisotopic (exact) mass is 1800 g/mol. The molecule has 127 heavy (non-hydrogen) atoms. The van der Waals surface area contributed by atoms with E-state index in [-0.39, 0.29) is 118 Å². The fourth-order valence-electron chi connectivity index (χ4n) is 13.4. The van der Waals surface area contributed by atoms with Gasteiger partial charge < -0.3 is 108 Å². The number of aliphatic carboxylic acids is 3. The summed E-state index contributed by atoms with van der Waals surface area (Å²) in [5, 5.41) is 51.7. The van der Waals surface area contributed by atoms with Gasteiger partial charge in [0, 0.05) is 143 Å². The van der Waals surface area contributed by atoms with Crippen LogP contribution in [0.2, 0.25) is 0 Å². The fraction of sp³-hybridized carbons (Fsp3) is 0.494. The van der Waals surface area contributed by atoms with E-state index >= 15 is 0 Å². The van der Waals surface area contributed by atoms with Crippen molar-refractivity contribution in [2.24, 2.45) is 9.98 Å². The number of nitrogens with zero attached hydrogens (tertiary/aromatic N) is 9. The number of aldehydes is 1. The molecule has 3 aromatic carbocycles. The number of hydrogen-bond donors (Lipinski definition) is 14. The van der Waals surface area contributed by atoms with E-state index in [1.165, 1.54) is 18.2 Å². The minimum atomic E-state index is -1.85. The highest BCUT2D eigenvalue weighted by Gasteiger charge is 2.35. The Balaban J connectivity index is 0.836. The van der Waals surface area contributed by atoms with Crippen molar-refractivity contribution >= 4 is 158 Å². The van der Waals surface area contributed by atoms with Crippen LogP contribution in [-0.2, 0) is 59.2 Å². The molecular formula is C85H114N20O20S2. The number of aliphatic imine (C=N–C) groups is 2. The summed E-state index contributed by atoms with van der Waals surface area (Å²) in [6.07, 6.45) is 8.51. The molecule has 686 valence electrons. The van der Waals surface area contributed by atoms with E-state index in [1.807, 2.05) is 43.8 Å². The lowest BCUT2D eigenvalue weighted by atomic mass is 10.0. The number of carbonyl (C=O) groups is 13. The van der Waals surface area contributed by atoms with Crippen molar-refractivity contribution in [1.29, 1.82) is 0 Å². The van der Waals surface area contributed by atoms with Gasteiger partial charge in [0.1, 0.15) is 36.3 Å². The lowest BCUT2D eigenvalue weighted by Gasteiger charge is -2.36. The number of nitrogens with two attached hydrogens (primary N) is 1. The standard InChI is InChI=1S/C85H114N20O20S2/c1-10-21-51(3)104-48-61-54(23-16-26-60(61)81(104)119)22-14-15-38-103(39-20-41-124-40-19-37-91-77(115)56-30-33-62(67(42-56)123-9)98-84-94-45-66(102(7)8)75(100-84)105(58(11-2)49-106)59-24-12-13-25-59)85(122)125-52(4)53(5)127-126-50-65(82(120)121)97-70(109)47-93-79(117)64(44-72(112)113)96-69(108)46-92-78(116)63(43-71(110)111)95-68(107)27-17-34-90-76(114)55-28-31-57(32-29-55)88-35-18-36-89-74-73(87-6)80(118)101-83(86)99-74/h16,23,26,28-33,36,42,45,49,51-53,58-59,63-65,88H,6,10-13,15,17-21,24-25,27,34-35,37-41,43-44,46-48,50H2,1-5,7-9H3,(H,90,114)(H,91,115)(H,92,116)(H,93,117)(H,95,107)(H,96,108)(H,97,109)(H,110,111)(H,112,113)(H,120,121)(H,94,98,100)(H3,86,99,101,118)/b89-36-. The number of fused-ring (bicyclic) bond motifs is 1. The SMILES string of the molecule is C=Nc1c(/N=C\CCNc2ccc(C(=O)NCCCC(=O)NC(CC(=O)O)C(=O)NCC(=O)NC(CC(=O)O)C(=O)NCC(=O)NC(CSSC(C)C(C)OC(=O)N(CCC#Cc3cccc4c3CN(C(C)CCC)C4=O)CCCOCCCNC(=O)c3ccc(Nc4ncc(N(C)C)c(N(C(C=O)CC)C5CCCC5)n4)c(OC)c3)C(=O)O)cc2)nc(N)[nH]c1=O. The van der Waals surface area contributed by atoms with Crippen molar-refractivity contribution < 1.29 is 91.9 Å². The highest BCUT2D eigenvalue weighted by molar-refractivity contribution is 8.77. The van der Waals surface area contributed by atoms with Crippen LogP contribution in [0, 0.1) is 11.8 Å². The van der Waals surface area contributed by atoms with Gasteiger partial charge in [0.05, 0.1) is 56.7 Å². The highest BCUT2D eigenvalue weighted by Crippen LogP contribution is 2.38. The van der Waals surface area contributed by atoms with Crippen molar-refractivity contribution in [3.05, 3.63) is 105 Å². The molecule has 1 saturated carbocycles. The maximum absolute atomic E-state index is 14.1. The Labute approximate surface area is 743 Å². The number of anilines is 6. The number of H-pyrrole nitrogens is 1. The third kappa shape index (κ3) is 32.2. The molecule has 0 bridgehead atoms. The van der Waals surface area contributed by atoms with Crippen molar-refractivity contribution in [2.75, 3.05) is 112 Å². The molecule has 5 aromatic rings. The largest absolute Gasteiger partial charge is 0.495 e. The average molecular weight is 1800 g/mol. The van der Waals surface area contributed by atoms with Gasteiger partial charge >= 0.3 is 24.0 Å².